The average molecular weight is 503 g/mol. The molecule has 0 bridgehead atoms. The lowest BCUT2D eigenvalue weighted by atomic mass is 10.0. The lowest BCUT2D eigenvalue weighted by Gasteiger charge is -2.08. The van der Waals surface area contributed by atoms with E-state index in [4.69, 9.17) is 27.6 Å². The summed E-state index contributed by atoms with van der Waals surface area (Å²) in [5.74, 6) is -0.915. The number of aromatic carboxylic acids is 1. The number of amides is 1. The van der Waals surface area contributed by atoms with Crippen molar-refractivity contribution in [2.75, 3.05) is 5.32 Å². The molecule has 8 heteroatoms. The van der Waals surface area contributed by atoms with E-state index >= 15 is 0 Å². The first-order valence-electron chi connectivity index (χ1n) is 10.5. The maximum Gasteiger partial charge on any atom is 0.336 e. The van der Waals surface area contributed by atoms with Gasteiger partial charge in [0, 0.05) is 27.2 Å². The van der Waals surface area contributed by atoms with Crippen LogP contribution in [0.2, 0.25) is 10.0 Å². The maximum absolute atomic E-state index is 12.7. The topological polar surface area (TPSA) is 92.4 Å². The minimum Gasteiger partial charge on any atom is -0.478 e. The summed E-state index contributed by atoms with van der Waals surface area (Å²) in [6.07, 6.45) is 0. The van der Waals surface area contributed by atoms with Crippen LogP contribution in [-0.4, -0.2) is 22.0 Å². The number of rotatable bonds is 5. The number of halogens is 2. The number of hydrogen-bond donors (Lipinski definition) is 2. The van der Waals surface area contributed by atoms with Crippen LogP contribution in [-0.2, 0) is 0 Å². The molecule has 35 heavy (non-hydrogen) atoms. The van der Waals surface area contributed by atoms with Crippen molar-refractivity contribution in [1.29, 1.82) is 0 Å². The number of hydrogen-bond acceptors (Lipinski definition) is 4. The number of para-hydroxylation sites is 1. The summed E-state index contributed by atoms with van der Waals surface area (Å²) in [5.41, 5.74) is 3.13. The smallest absolute Gasteiger partial charge is 0.336 e. The van der Waals surface area contributed by atoms with Crippen molar-refractivity contribution < 1.29 is 19.1 Å². The van der Waals surface area contributed by atoms with Gasteiger partial charge in [-0.2, -0.15) is 0 Å². The van der Waals surface area contributed by atoms with E-state index in [0.717, 1.165) is 0 Å². The third-order valence-corrected chi connectivity index (χ3v) is 5.97. The van der Waals surface area contributed by atoms with Gasteiger partial charge in [0.05, 0.1) is 21.8 Å². The first-order chi connectivity index (χ1) is 16.9. The van der Waals surface area contributed by atoms with E-state index in [-0.39, 0.29) is 11.3 Å². The Morgan fingerprint density at radius 3 is 2.43 bits per heavy atom. The first kappa shape index (κ1) is 22.7. The summed E-state index contributed by atoms with van der Waals surface area (Å²) in [4.78, 5) is 29.0. The fourth-order valence-corrected chi connectivity index (χ4v) is 4.09. The Hall–Kier alpha value is -4.13. The van der Waals surface area contributed by atoms with E-state index in [2.05, 4.69) is 10.3 Å². The van der Waals surface area contributed by atoms with Crippen LogP contribution in [0.25, 0.3) is 33.5 Å². The van der Waals surface area contributed by atoms with E-state index in [1.54, 1.807) is 78.9 Å². The Bertz CT molecular complexity index is 1590. The van der Waals surface area contributed by atoms with Gasteiger partial charge in [-0.3, -0.25) is 4.79 Å². The standard InChI is InChI=1S/C27H16Cl2N2O4/c28-16-7-10-21(29)20(13-16)24-11-12-25(35-24)26(32)30-17-8-5-15(6-9-17)23-14-19(27(33)34)18-3-1-2-4-22(18)31-23/h1-14H,(H,30,32)(H,33,34). The number of anilines is 1. The molecule has 0 fully saturated rings. The van der Waals surface area contributed by atoms with Gasteiger partial charge in [0.2, 0.25) is 0 Å². The Morgan fingerprint density at radius 1 is 0.886 bits per heavy atom. The van der Waals surface area contributed by atoms with Crippen LogP contribution in [0.1, 0.15) is 20.9 Å². The van der Waals surface area contributed by atoms with Crippen LogP contribution < -0.4 is 5.32 Å². The van der Waals surface area contributed by atoms with Gasteiger partial charge in [0.15, 0.2) is 5.76 Å². The first-order valence-corrected chi connectivity index (χ1v) is 11.2. The highest BCUT2D eigenvalue weighted by Gasteiger charge is 2.16. The number of benzene rings is 3. The van der Waals surface area contributed by atoms with Gasteiger partial charge in [-0.05, 0) is 54.6 Å². The predicted molar refractivity (Wildman–Crippen MR) is 136 cm³/mol. The van der Waals surface area contributed by atoms with Gasteiger partial charge in [-0.1, -0.05) is 53.5 Å². The number of nitrogens with one attached hydrogen (secondary N) is 1. The molecular weight excluding hydrogens is 487 g/mol. The zero-order valence-corrected chi connectivity index (χ0v) is 19.5. The molecule has 1 amide bonds. The number of carbonyl (C=O) groups excluding carboxylic acids is 1. The van der Waals surface area contributed by atoms with E-state index in [0.29, 0.717) is 49.2 Å². The molecule has 0 aliphatic rings. The van der Waals surface area contributed by atoms with E-state index in [1.807, 2.05) is 6.07 Å². The molecule has 0 saturated carbocycles. The summed E-state index contributed by atoms with van der Waals surface area (Å²) >= 11 is 12.3. The summed E-state index contributed by atoms with van der Waals surface area (Å²) in [6.45, 7) is 0. The lowest BCUT2D eigenvalue weighted by Crippen LogP contribution is -2.10. The van der Waals surface area contributed by atoms with Crippen molar-refractivity contribution in [3.63, 3.8) is 0 Å². The second-order valence-corrected chi connectivity index (χ2v) is 8.54. The number of carbonyl (C=O) groups is 2. The molecule has 2 aromatic heterocycles. The highest BCUT2D eigenvalue weighted by molar-refractivity contribution is 6.35. The number of carboxylic acids is 1. The minimum atomic E-state index is -1.02. The molecule has 5 rings (SSSR count). The number of furan rings is 1. The highest BCUT2D eigenvalue weighted by Crippen LogP contribution is 2.32. The van der Waals surface area contributed by atoms with Crippen LogP contribution in [0, 0.1) is 0 Å². The molecule has 6 nitrogen and oxygen atoms in total. The summed E-state index contributed by atoms with van der Waals surface area (Å²) < 4.78 is 5.69. The molecule has 0 atom stereocenters. The van der Waals surface area contributed by atoms with Crippen molar-refractivity contribution in [3.05, 3.63) is 106 Å². The third-order valence-electron chi connectivity index (χ3n) is 5.41. The molecule has 3 aromatic carbocycles. The molecule has 0 spiro atoms. The van der Waals surface area contributed by atoms with Gasteiger partial charge in [-0.25, -0.2) is 9.78 Å². The monoisotopic (exact) mass is 502 g/mol. The zero-order valence-electron chi connectivity index (χ0n) is 18.0. The SMILES string of the molecule is O=C(Nc1ccc(-c2cc(C(=O)O)c3ccccc3n2)cc1)c1ccc(-c2cc(Cl)ccc2Cl)o1. The van der Waals surface area contributed by atoms with Crippen LogP contribution in [0.3, 0.4) is 0 Å². The summed E-state index contributed by atoms with van der Waals surface area (Å²) in [7, 11) is 0. The number of fused-ring (bicyclic) bond motifs is 1. The molecule has 5 aromatic rings. The maximum atomic E-state index is 12.7. The molecule has 0 aliphatic heterocycles. The second kappa shape index (κ2) is 9.25. The Labute approximate surface area is 209 Å². The van der Waals surface area contributed by atoms with Crippen molar-refractivity contribution in [3.8, 4) is 22.6 Å². The number of carboxylic acid groups (broad SMARTS) is 1. The van der Waals surface area contributed by atoms with E-state index < -0.39 is 11.9 Å². The van der Waals surface area contributed by atoms with E-state index in [1.165, 1.54) is 0 Å². The van der Waals surface area contributed by atoms with Crippen molar-refractivity contribution >= 4 is 51.7 Å². The quantitative estimate of drug-likeness (QED) is 0.260. The Kier molecular flexibility index (Phi) is 5.99. The molecule has 0 saturated heterocycles. The summed E-state index contributed by atoms with van der Waals surface area (Å²) in [5, 5.41) is 13.9. The largest absolute Gasteiger partial charge is 0.478 e. The van der Waals surface area contributed by atoms with Crippen LogP contribution in [0.5, 0.6) is 0 Å². The fraction of sp³-hybridized carbons (Fsp3) is 0. The van der Waals surface area contributed by atoms with Crippen LogP contribution >= 0.6 is 23.2 Å². The molecule has 0 radical (unpaired) electrons. The number of nitrogens with zero attached hydrogens (tertiary/aromatic N) is 1. The third kappa shape index (κ3) is 4.62. The van der Waals surface area contributed by atoms with Gasteiger partial charge in [-0.15, -0.1) is 0 Å². The minimum absolute atomic E-state index is 0.113. The molecule has 172 valence electrons. The van der Waals surface area contributed by atoms with Crippen molar-refractivity contribution in [2.45, 2.75) is 0 Å². The molecular formula is C27H16Cl2N2O4. The fourth-order valence-electron chi connectivity index (χ4n) is 3.71. The van der Waals surface area contributed by atoms with Gasteiger partial charge >= 0.3 is 5.97 Å². The second-order valence-electron chi connectivity index (χ2n) is 7.70. The highest BCUT2D eigenvalue weighted by atomic mass is 35.5. The van der Waals surface area contributed by atoms with Gasteiger partial charge in [0.1, 0.15) is 5.76 Å². The molecule has 2 N–H and O–H groups in total. The molecule has 0 aliphatic carbocycles. The van der Waals surface area contributed by atoms with E-state index in [9.17, 15) is 14.7 Å². The van der Waals surface area contributed by atoms with Crippen molar-refractivity contribution in [1.82, 2.24) is 4.98 Å². The summed E-state index contributed by atoms with van der Waals surface area (Å²) in [6, 6.07) is 23.8. The van der Waals surface area contributed by atoms with Crippen LogP contribution in [0.15, 0.2) is 89.3 Å². The molecule has 0 unspecified atom stereocenters. The normalized spacial score (nSPS) is 10.9. The number of aromatic nitrogens is 1. The van der Waals surface area contributed by atoms with Crippen molar-refractivity contribution in [2.24, 2.45) is 0 Å². The van der Waals surface area contributed by atoms with Crippen LogP contribution in [0.4, 0.5) is 5.69 Å². The number of pyridine rings is 1. The Morgan fingerprint density at radius 2 is 1.66 bits per heavy atom. The zero-order chi connectivity index (χ0) is 24.5. The molecule has 2 heterocycles. The average Bonchev–Trinajstić information content (AvgIpc) is 3.35. The Balaban J connectivity index is 1.37. The van der Waals surface area contributed by atoms with Gasteiger partial charge in [0.25, 0.3) is 5.91 Å². The lowest BCUT2D eigenvalue weighted by molar-refractivity contribution is 0.0698. The predicted octanol–water partition coefficient (Wildman–Crippen LogP) is 7.42. The van der Waals surface area contributed by atoms with Gasteiger partial charge < -0.3 is 14.8 Å².